The van der Waals surface area contributed by atoms with Crippen molar-refractivity contribution in [3.8, 4) is 0 Å². The van der Waals surface area contributed by atoms with Crippen LogP contribution in [0.25, 0.3) is 0 Å². The molecule has 1 aliphatic rings. The van der Waals surface area contributed by atoms with Crippen LogP contribution in [0.4, 0.5) is 8.78 Å². The Balaban J connectivity index is 2.58. The second kappa shape index (κ2) is 4.82. The summed E-state index contributed by atoms with van der Waals surface area (Å²) in [6, 6.07) is 2.63. The molecule has 19 heavy (non-hydrogen) atoms. The number of hydrogen-bond acceptors (Lipinski definition) is 3. The number of rotatable bonds is 1. The fraction of sp³-hybridized carbons (Fsp3) is 0.462. The summed E-state index contributed by atoms with van der Waals surface area (Å²) in [7, 11) is 0. The highest BCUT2D eigenvalue weighted by atomic mass is 79.9. The van der Waals surface area contributed by atoms with E-state index in [1.807, 2.05) is 13.8 Å². The van der Waals surface area contributed by atoms with Gasteiger partial charge in [-0.25, -0.2) is 8.78 Å². The van der Waals surface area contributed by atoms with Gasteiger partial charge in [-0.3, -0.25) is 4.99 Å². The summed E-state index contributed by atoms with van der Waals surface area (Å²) in [6.07, 6.45) is 1.75. The lowest BCUT2D eigenvalue weighted by atomic mass is 9.91. The number of thioether (sulfide) groups is 1. The Kier molecular flexibility index (Phi) is 3.79. The van der Waals surface area contributed by atoms with Gasteiger partial charge in [0, 0.05) is 21.0 Å². The van der Waals surface area contributed by atoms with Crippen molar-refractivity contribution in [1.29, 1.82) is 0 Å². The van der Waals surface area contributed by atoms with E-state index in [4.69, 9.17) is 5.73 Å². The molecule has 104 valence electrons. The first kappa shape index (κ1) is 14.9. The standard InChI is InChI=1S/C13H15BrF2N2S/c1-12(2)6-18-13(3,11(17)19-12)8-4-7(14)5-9(15)10(8)16/h4-6,11H,17H2,1-3H3. The first-order valence-electron chi connectivity index (χ1n) is 5.80. The number of nitrogens with two attached hydrogens (primary N) is 1. The van der Waals surface area contributed by atoms with Crippen molar-refractivity contribution in [2.24, 2.45) is 10.7 Å². The molecule has 1 aromatic carbocycles. The van der Waals surface area contributed by atoms with Gasteiger partial charge in [0.25, 0.3) is 0 Å². The van der Waals surface area contributed by atoms with E-state index in [1.165, 1.54) is 17.8 Å². The molecule has 1 heterocycles. The first-order chi connectivity index (χ1) is 8.66. The van der Waals surface area contributed by atoms with Crippen molar-refractivity contribution in [3.63, 3.8) is 0 Å². The summed E-state index contributed by atoms with van der Waals surface area (Å²) < 4.78 is 27.8. The zero-order chi connectivity index (χ0) is 14.4. The van der Waals surface area contributed by atoms with Crippen molar-refractivity contribution in [2.75, 3.05) is 0 Å². The lowest BCUT2D eigenvalue weighted by Crippen LogP contribution is -2.47. The quantitative estimate of drug-likeness (QED) is 0.783. The summed E-state index contributed by atoms with van der Waals surface area (Å²) in [5, 5.41) is -0.448. The van der Waals surface area contributed by atoms with Gasteiger partial charge in [0.15, 0.2) is 11.6 Å². The van der Waals surface area contributed by atoms with Gasteiger partial charge >= 0.3 is 0 Å². The average Bonchev–Trinajstić information content (AvgIpc) is 2.29. The fourth-order valence-corrected chi connectivity index (χ4v) is 3.60. The topological polar surface area (TPSA) is 38.4 Å². The summed E-state index contributed by atoms with van der Waals surface area (Å²) in [5.74, 6) is -1.79. The smallest absolute Gasteiger partial charge is 0.164 e. The maximum absolute atomic E-state index is 14.0. The van der Waals surface area contributed by atoms with Crippen LogP contribution in [0.5, 0.6) is 0 Å². The van der Waals surface area contributed by atoms with E-state index < -0.39 is 22.5 Å². The molecular weight excluding hydrogens is 334 g/mol. The molecule has 0 aliphatic carbocycles. The molecule has 0 spiro atoms. The summed E-state index contributed by atoms with van der Waals surface area (Å²) in [4.78, 5) is 4.41. The van der Waals surface area contributed by atoms with E-state index in [1.54, 1.807) is 13.1 Å². The SMILES string of the molecule is CC1(C)C=NC(C)(c2cc(Br)cc(F)c2F)C(N)S1. The van der Waals surface area contributed by atoms with E-state index in [0.29, 0.717) is 4.47 Å². The van der Waals surface area contributed by atoms with E-state index in [9.17, 15) is 8.78 Å². The molecule has 0 saturated carbocycles. The third kappa shape index (κ3) is 2.71. The molecular formula is C13H15BrF2N2S. The molecule has 0 radical (unpaired) electrons. The predicted molar refractivity (Wildman–Crippen MR) is 79.5 cm³/mol. The van der Waals surface area contributed by atoms with E-state index in [0.717, 1.165) is 6.07 Å². The van der Waals surface area contributed by atoms with Crippen LogP contribution in [0.15, 0.2) is 21.6 Å². The molecule has 0 saturated heterocycles. The van der Waals surface area contributed by atoms with Gasteiger partial charge in [-0.2, -0.15) is 0 Å². The number of benzene rings is 1. The van der Waals surface area contributed by atoms with E-state index in [2.05, 4.69) is 20.9 Å². The van der Waals surface area contributed by atoms with Crippen LogP contribution in [-0.2, 0) is 5.54 Å². The highest BCUT2D eigenvalue weighted by Gasteiger charge is 2.42. The zero-order valence-electron chi connectivity index (χ0n) is 10.9. The molecule has 2 atom stereocenters. The van der Waals surface area contributed by atoms with Crippen LogP contribution in [0.1, 0.15) is 26.3 Å². The van der Waals surface area contributed by atoms with Crippen LogP contribution < -0.4 is 5.73 Å². The molecule has 1 aromatic rings. The van der Waals surface area contributed by atoms with Gasteiger partial charge in [0.1, 0.15) is 5.54 Å². The predicted octanol–water partition coefficient (Wildman–Crippen LogP) is 3.82. The largest absolute Gasteiger partial charge is 0.317 e. The normalized spacial score (nSPS) is 29.5. The Hall–Kier alpha value is -0.460. The summed E-state index contributed by atoms with van der Waals surface area (Å²) in [5.41, 5.74) is 5.33. The molecule has 2 rings (SSSR count). The molecule has 0 aromatic heterocycles. The maximum atomic E-state index is 14.0. The average molecular weight is 349 g/mol. The number of halogens is 3. The Morgan fingerprint density at radius 1 is 1.32 bits per heavy atom. The van der Waals surface area contributed by atoms with Crippen molar-refractivity contribution in [3.05, 3.63) is 33.8 Å². The molecule has 0 bridgehead atoms. The highest BCUT2D eigenvalue weighted by Crippen LogP contribution is 2.44. The minimum atomic E-state index is -0.977. The van der Waals surface area contributed by atoms with Crippen LogP contribution >= 0.6 is 27.7 Å². The van der Waals surface area contributed by atoms with Crippen molar-refractivity contribution >= 4 is 33.9 Å². The molecule has 2 nitrogen and oxygen atoms in total. The molecule has 0 fully saturated rings. The number of nitrogens with zero attached hydrogens (tertiary/aromatic N) is 1. The van der Waals surface area contributed by atoms with Gasteiger partial charge in [-0.15, -0.1) is 11.8 Å². The molecule has 1 aliphatic heterocycles. The third-order valence-electron chi connectivity index (χ3n) is 3.17. The van der Waals surface area contributed by atoms with Gasteiger partial charge < -0.3 is 5.73 Å². The molecule has 2 unspecified atom stereocenters. The fourth-order valence-electron chi connectivity index (χ4n) is 1.98. The number of hydrogen-bond donors (Lipinski definition) is 1. The summed E-state index contributed by atoms with van der Waals surface area (Å²) >= 11 is 4.66. The van der Waals surface area contributed by atoms with Crippen LogP contribution in [0, 0.1) is 11.6 Å². The van der Waals surface area contributed by atoms with E-state index in [-0.39, 0.29) is 10.3 Å². The van der Waals surface area contributed by atoms with E-state index >= 15 is 0 Å². The van der Waals surface area contributed by atoms with Crippen LogP contribution in [0.3, 0.4) is 0 Å². The summed E-state index contributed by atoms with van der Waals surface area (Å²) in [6.45, 7) is 5.69. The van der Waals surface area contributed by atoms with Crippen molar-refractivity contribution in [2.45, 2.75) is 36.4 Å². The molecule has 6 heteroatoms. The molecule has 2 N–H and O–H groups in total. The minimum Gasteiger partial charge on any atom is -0.317 e. The Morgan fingerprint density at radius 2 is 1.95 bits per heavy atom. The monoisotopic (exact) mass is 348 g/mol. The minimum absolute atomic E-state index is 0.172. The first-order valence-corrected chi connectivity index (χ1v) is 7.48. The van der Waals surface area contributed by atoms with Gasteiger partial charge in [-0.1, -0.05) is 15.9 Å². The zero-order valence-corrected chi connectivity index (χ0v) is 13.3. The third-order valence-corrected chi connectivity index (χ3v) is 5.05. The Bertz CT molecular complexity index is 548. The van der Waals surface area contributed by atoms with Crippen LogP contribution in [-0.4, -0.2) is 16.3 Å². The molecule has 0 amide bonds. The van der Waals surface area contributed by atoms with Crippen LogP contribution in [0.2, 0.25) is 0 Å². The van der Waals surface area contributed by atoms with Gasteiger partial charge in [-0.05, 0) is 32.9 Å². The highest BCUT2D eigenvalue weighted by molar-refractivity contribution is 9.10. The number of aliphatic imine (C=N–C) groups is 1. The lowest BCUT2D eigenvalue weighted by Gasteiger charge is -2.40. The second-order valence-electron chi connectivity index (χ2n) is 5.30. The Labute approximate surface area is 124 Å². The Morgan fingerprint density at radius 3 is 2.53 bits per heavy atom. The van der Waals surface area contributed by atoms with Crippen molar-refractivity contribution in [1.82, 2.24) is 0 Å². The second-order valence-corrected chi connectivity index (χ2v) is 8.01. The van der Waals surface area contributed by atoms with Crippen molar-refractivity contribution < 1.29 is 8.78 Å². The van der Waals surface area contributed by atoms with Gasteiger partial charge in [0.2, 0.25) is 0 Å². The lowest BCUT2D eigenvalue weighted by molar-refractivity contribution is 0.420. The maximum Gasteiger partial charge on any atom is 0.164 e. The van der Waals surface area contributed by atoms with Gasteiger partial charge in [0.05, 0.1) is 5.37 Å².